The van der Waals surface area contributed by atoms with Gasteiger partial charge in [-0.2, -0.15) is 0 Å². The molecule has 1 amide bonds. The number of nitrogens with zero attached hydrogens (tertiary/aromatic N) is 2. The van der Waals surface area contributed by atoms with E-state index in [1.54, 1.807) is 0 Å². The number of nitrogens with one attached hydrogen (secondary N) is 2. The van der Waals surface area contributed by atoms with Crippen LogP contribution in [0.1, 0.15) is 26.6 Å². The lowest BCUT2D eigenvalue weighted by Gasteiger charge is -2.18. The van der Waals surface area contributed by atoms with E-state index in [0.29, 0.717) is 13.2 Å². The van der Waals surface area contributed by atoms with Crippen molar-refractivity contribution < 1.29 is 9.53 Å². The fourth-order valence-corrected chi connectivity index (χ4v) is 1.43. The zero-order chi connectivity index (χ0) is 15.2. The number of aromatic nitrogens is 2. The van der Waals surface area contributed by atoms with Crippen LogP contribution in [-0.4, -0.2) is 42.7 Å². The van der Waals surface area contributed by atoms with Gasteiger partial charge >= 0.3 is 0 Å². The van der Waals surface area contributed by atoms with E-state index >= 15 is 0 Å². The van der Waals surface area contributed by atoms with Crippen LogP contribution in [0.2, 0.25) is 0 Å². The van der Waals surface area contributed by atoms with Gasteiger partial charge in [-0.3, -0.25) is 4.79 Å². The Kier molecular flexibility index (Phi) is 5.69. The van der Waals surface area contributed by atoms with E-state index < -0.39 is 5.91 Å². The van der Waals surface area contributed by atoms with Gasteiger partial charge < -0.3 is 21.1 Å². The van der Waals surface area contributed by atoms with Crippen molar-refractivity contribution in [3.8, 4) is 0 Å². The number of hydrogen-bond acceptors (Lipinski definition) is 6. The molecule has 0 spiro atoms. The van der Waals surface area contributed by atoms with E-state index in [1.807, 2.05) is 13.1 Å². The molecule has 0 saturated carbocycles. The van der Waals surface area contributed by atoms with Crippen LogP contribution in [-0.2, 0) is 14.9 Å². The molecule has 0 aromatic carbocycles. The maximum absolute atomic E-state index is 10.5. The standard InChI is InChI=1S/C13H23N5O2/c1-13(2,3)12-17-10(15-4)7-11(18-12)16-5-6-20-8-9(14)19/h7H,5-6,8H2,1-4H3,(H2,14,19)(H2,15,16,17,18). The van der Waals surface area contributed by atoms with Gasteiger partial charge in [0, 0.05) is 25.1 Å². The summed E-state index contributed by atoms with van der Waals surface area (Å²) in [6.07, 6.45) is 0. The van der Waals surface area contributed by atoms with Gasteiger partial charge in [0.2, 0.25) is 5.91 Å². The van der Waals surface area contributed by atoms with Crippen molar-refractivity contribution in [1.82, 2.24) is 9.97 Å². The summed E-state index contributed by atoms with van der Waals surface area (Å²) >= 11 is 0. The predicted molar refractivity (Wildman–Crippen MR) is 78.8 cm³/mol. The van der Waals surface area contributed by atoms with Crippen LogP contribution in [0.5, 0.6) is 0 Å². The van der Waals surface area contributed by atoms with Crippen LogP contribution in [0.3, 0.4) is 0 Å². The van der Waals surface area contributed by atoms with Gasteiger partial charge in [0.25, 0.3) is 0 Å². The average molecular weight is 281 g/mol. The van der Waals surface area contributed by atoms with Gasteiger partial charge in [0.1, 0.15) is 24.1 Å². The topological polar surface area (TPSA) is 102 Å². The predicted octanol–water partition coefficient (Wildman–Crippen LogP) is 0.730. The molecule has 7 nitrogen and oxygen atoms in total. The summed E-state index contributed by atoms with van der Waals surface area (Å²) in [6.45, 7) is 7.02. The van der Waals surface area contributed by atoms with E-state index in [-0.39, 0.29) is 12.0 Å². The van der Waals surface area contributed by atoms with Crippen molar-refractivity contribution >= 4 is 17.5 Å². The number of nitrogens with two attached hydrogens (primary N) is 1. The maximum Gasteiger partial charge on any atom is 0.243 e. The van der Waals surface area contributed by atoms with Crippen LogP contribution in [0.15, 0.2) is 6.07 Å². The van der Waals surface area contributed by atoms with Crippen molar-refractivity contribution in [2.45, 2.75) is 26.2 Å². The summed E-state index contributed by atoms with van der Waals surface area (Å²) in [5, 5.41) is 6.15. The number of rotatable bonds is 7. The van der Waals surface area contributed by atoms with Crippen molar-refractivity contribution in [2.75, 3.05) is 37.4 Å². The van der Waals surface area contributed by atoms with E-state index in [9.17, 15) is 4.79 Å². The van der Waals surface area contributed by atoms with Crippen LogP contribution in [0, 0.1) is 0 Å². The molecule has 0 fully saturated rings. The van der Waals surface area contributed by atoms with Crippen LogP contribution in [0.4, 0.5) is 11.6 Å². The molecule has 0 bridgehead atoms. The second kappa shape index (κ2) is 7.04. The first-order valence-corrected chi connectivity index (χ1v) is 6.50. The number of amides is 1. The number of hydrogen-bond donors (Lipinski definition) is 3. The maximum atomic E-state index is 10.5. The molecule has 0 saturated heterocycles. The third-order valence-electron chi connectivity index (χ3n) is 2.45. The lowest BCUT2D eigenvalue weighted by Crippen LogP contribution is -2.21. The highest BCUT2D eigenvalue weighted by Crippen LogP contribution is 2.21. The second-order valence-corrected chi connectivity index (χ2v) is 5.41. The minimum Gasteiger partial charge on any atom is -0.373 e. The molecule has 1 heterocycles. The number of carbonyl (C=O) groups is 1. The Morgan fingerprint density at radius 2 is 2.00 bits per heavy atom. The Morgan fingerprint density at radius 1 is 1.35 bits per heavy atom. The highest BCUT2D eigenvalue weighted by atomic mass is 16.5. The third kappa shape index (κ3) is 5.40. The number of ether oxygens (including phenoxy) is 1. The zero-order valence-corrected chi connectivity index (χ0v) is 12.5. The van der Waals surface area contributed by atoms with Gasteiger partial charge in [-0.1, -0.05) is 20.8 Å². The normalized spacial score (nSPS) is 11.2. The van der Waals surface area contributed by atoms with Crippen molar-refractivity contribution in [3.05, 3.63) is 11.9 Å². The summed E-state index contributed by atoms with van der Waals surface area (Å²) in [5.74, 6) is 1.76. The summed E-state index contributed by atoms with van der Waals surface area (Å²) in [4.78, 5) is 19.4. The van der Waals surface area contributed by atoms with E-state index in [0.717, 1.165) is 17.5 Å². The van der Waals surface area contributed by atoms with Crippen molar-refractivity contribution in [2.24, 2.45) is 5.73 Å². The van der Waals surface area contributed by atoms with E-state index in [4.69, 9.17) is 10.5 Å². The molecule has 0 atom stereocenters. The van der Waals surface area contributed by atoms with Crippen LogP contribution < -0.4 is 16.4 Å². The third-order valence-corrected chi connectivity index (χ3v) is 2.45. The Hall–Kier alpha value is -1.89. The molecule has 4 N–H and O–H groups in total. The Labute approximate surface area is 119 Å². The Bertz CT molecular complexity index is 457. The quantitative estimate of drug-likeness (QED) is 0.637. The van der Waals surface area contributed by atoms with Gasteiger partial charge in [-0.25, -0.2) is 9.97 Å². The average Bonchev–Trinajstić information content (AvgIpc) is 2.36. The molecule has 0 unspecified atom stereocenters. The molecular formula is C13H23N5O2. The first-order valence-electron chi connectivity index (χ1n) is 6.50. The van der Waals surface area contributed by atoms with E-state index in [1.165, 1.54) is 0 Å². The summed E-state index contributed by atoms with van der Waals surface area (Å²) in [6, 6.07) is 1.82. The smallest absolute Gasteiger partial charge is 0.243 e. The Morgan fingerprint density at radius 3 is 2.55 bits per heavy atom. The fraction of sp³-hybridized carbons (Fsp3) is 0.615. The molecule has 0 aliphatic carbocycles. The highest BCUT2D eigenvalue weighted by molar-refractivity contribution is 5.74. The van der Waals surface area contributed by atoms with Gasteiger partial charge in [0.05, 0.1) is 6.61 Å². The molecule has 1 rings (SSSR count). The molecule has 0 aliphatic heterocycles. The second-order valence-electron chi connectivity index (χ2n) is 5.41. The lowest BCUT2D eigenvalue weighted by atomic mass is 9.96. The fourth-order valence-electron chi connectivity index (χ4n) is 1.43. The molecule has 1 aromatic rings. The molecule has 112 valence electrons. The lowest BCUT2D eigenvalue weighted by molar-refractivity contribution is -0.122. The van der Waals surface area contributed by atoms with Crippen LogP contribution >= 0.6 is 0 Å². The van der Waals surface area contributed by atoms with Crippen LogP contribution in [0.25, 0.3) is 0 Å². The van der Waals surface area contributed by atoms with Gasteiger partial charge in [-0.05, 0) is 0 Å². The monoisotopic (exact) mass is 281 g/mol. The van der Waals surface area contributed by atoms with Gasteiger partial charge in [-0.15, -0.1) is 0 Å². The summed E-state index contributed by atoms with van der Waals surface area (Å²) < 4.78 is 5.07. The minimum atomic E-state index is -0.473. The summed E-state index contributed by atoms with van der Waals surface area (Å²) in [5.41, 5.74) is 4.85. The molecular weight excluding hydrogens is 258 g/mol. The SMILES string of the molecule is CNc1cc(NCCOCC(N)=O)nc(C(C)(C)C)n1. The zero-order valence-electron chi connectivity index (χ0n) is 12.5. The Balaban J connectivity index is 2.63. The molecule has 0 radical (unpaired) electrons. The van der Waals surface area contributed by atoms with Crippen molar-refractivity contribution in [3.63, 3.8) is 0 Å². The first-order chi connectivity index (χ1) is 9.32. The highest BCUT2D eigenvalue weighted by Gasteiger charge is 2.18. The molecule has 1 aromatic heterocycles. The van der Waals surface area contributed by atoms with Crippen molar-refractivity contribution in [1.29, 1.82) is 0 Å². The molecule has 0 aliphatic rings. The van der Waals surface area contributed by atoms with E-state index in [2.05, 4.69) is 41.4 Å². The minimum absolute atomic E-state index is 0.0690. The van der Waals surface area contributed by atoms with Gasteiger partial charge in [0.15, 0.2) is 0 Å². The number of anilines is 2. The largest absolute Gasteiger partial charge is 0.373 e. The summed E-state index contributed by atoms with van der Waals surface area (Å²) in [7, 11) is 1.81. The first kappa shape index (κ1) is 16.2. The number of primary amides is 1. The number of carbonyl (C=O) groups excluding carboxylic acids is 1. The molecule has 20 heavy (non-hydrogen) atoms. The molecule has 7 heteroatoms.